The molecule has 0 saturated carbocycles. The minimum atomic E-state index is -0.346. The first-order valence-electron chi connectivity index (χ1n) is 5.63. The number of hydrogen-bond acceptors (Lipinski definition) is 4. The molecule has 2 heterocycles. The van der Waals surface area contributed by atoms with Gasteiger partial charge in [-0.3, -0.25) is 9.89 Å². The molecule has 0 spiro atoms. The van der Waals surface area contributed by atoms with Gasteiger partial charge < -0.3 is 10.4 Å². The van der Waals surface area contributed by atoms with Crippen molar-refractivity contribution >= 4 is 22.6 Å². The number of H-pyrrole nitrogens is 1. The van der Waals surface area contributed by atoms with E-state index in [4.69, 9.17) is 0 Å². The van der Waals surface area contributed by atoms with Gasteiger partial charge in [-0.25, -0.2) is 4.98 Å². The molecule has 6 nitrogen and oxygen atoms in total. The zero-order valence-corrected chi connectivity index (χ0v) is 9.79. The molecule has 0 unspecified atom stereocenters. The first kappa shape index (κ1) is 11.2. The van der Waals surface area contributed by atoms with Crippen LogP contribution in [0.2, 0.25) is 0 Å². The Balaban J connectivity index is 1.97. The Bertz CT molecular complexity index is 751. The molecule has 0 atom stereocenters. The van der Waals surface area contributed by atoms with Crippen LogP contribution in [-0.4, -0.2) is 26.2 Å². The van der Waals surface area contributed by atoms with E-state index in [0.29, 0.717) is 5.56 Å². The Labute approximate surface area is 108 Å². The number of aromatic amines is 1. The van der Waals surface area contributed by atoms with E-state index in [1.165, 1.54) is 12.3 Å². The molecule has 1 aromatic carbocycles. The normalized spacial score (nSPS) is 10.5. The van der Waals surface area contributed by atoms with Crippen LogP contribution in [0, 0.1) is 0 Å². The SMILES string of the molecule is O=C(Nc1ncccc1O)c1cccc2[nH]ncc12. The molecule has 94 valence electrons. The maximum atomic E-state index is 12.2. The third-order valence-electron chi connectivity index (χ3n) is 2.75. The molecule has 0 bridgehead atoms. The van der Waals surface area contributed by atoms with Crippen molar-refractivity contribution in [3.05, 3.63) is 48.3 Å². The monoisotopic (exact) mass is 254 g/mol. The summed E-state index contributed by atoms with van der Waals surface area (Å²) in [6, 6.07) is 8.32. The lowest BCUT2D eigenvalue weighted by Crippen LogP contribution is -2.13. The Kier molecular flexibility index (Phi) is 2.60. The lowest BCUT2D eigenvalue weighted by atomic mass is 10.1. The van der Waals surface area contributed by atoms with Crippen molar-refractivity contribution in [1.29, 1.82) is 0 Å². The zero-order chi connectivity index (χ0) is 13.2. The first-order chi connectivity index (χ1) is 9.25. The number of rotatable bonds is 2. The van der Waals surface area contributed by atoms with E-state index >= 15 is 0 Å². The highest BCUT2D eigenvalue weighted by Gasteiger charge is 2.13. The van der Waals surface area contributed by atoms with E-state index in [9.17, 15) is 9.90 Å². The van der Waals surface area contributed by atoms with Gasteiger partial charge in [-0.2, -0.15) is 5.10 Å². The fourth-order valence-corrected chi connectivity index (χ4v) is 1.83. The topological polar surface area (TPSA) is 90.9 Å². The highest BCUT2D eigenvalue weighted by Crippen LogP contribution is 2.21. The van der Waals surface area contributed by atoms with Crippen molar-refractivity contribution in [2.45, 2.75) is 0 Å². The van der Waals surface area contributed by atoms with E-state index in [0.717, 1.165) is 10.9 Å². The van der Waals surface area contributed by atoms with Crippen molar-refractivity contribution in [1.82, 2.24) is 15.2 Å². The third-order valence-corrected chi connectivity index (χ3v) is 2.75. The van der Waals surface area contributed by atoms with Crippen molar-refractivity contribution in [3.8, 4) is 5.75 Å². The average Bonchev–Trinajstić information content (AvgIpc) is 2.89. The van der Waals surface area contributed by atoms with Crippen LogP contribution in [0.25, 0.3) is 10.9 Å². The average molecular weight is 254 g/mol. The standard InChI is InChI=1S/C13H10N4O2/c18-11-5-2-6-14-12(11)16-13(19)8-3-1-4-10-9(8)7-15-17-10/h1-7,18H,(H,15,17)(H,14,16,19). The Morgan fingerprint density at radius 3 is 3.00 bits per heavy atom. The second-order valence-electron chi connectivity index (χ2n) is 3.96. The van der Waals surface area contributed by atoms with Gasteiger partial charge in [0.15, 0.2) is 11.6 Å². The lowest BCUT2D eigenvalue weighted by molar-refractivity contribution is 0.102. The number of amides is 1. The fourth-order valence-electron chi connectivity index (χ4n) is 1.83. The van der Waals surface area contributed by atoms with Gasteiger partial charge in [-0.1, -0.05) is 6.07 Å². The van der Waals surface area contributed by atoms with E-state index < -0.39 is 0 Å². The Morgan fingerprint density at radius 1 is 1.26 bits per heavy atom. The zero-order valence-electron chi connectivity index (χ0n) is 9.79. The van der Waals surface area contributed by atoms with E-state index in [1.54, 1.807) is 24.4 Å². The minimum Gasteiger partial charge on any atom is -0.504 e. The molecule has 1 amide bonds. The van der Waals surface area contributed by atoms with Crippen LogP contribution in [-0.2, 0) is 0 Å². The van der Waals surface area contributed by atoms with Crippen molar-refractivity contribution < 1.29 is 9.90 Å². The number of anilines is 1. The first-order valence-corrected chi connectivity index (χ1v) is 5.63. The molecular formula is C13H10N4O2. The molecule has 3 rings (SSSR count). The lowest BCUT2D eigenvalue weighted by Gasteiger charge is -2.06. The van der Waals surface area contributed by atoms with Crippen molar-refractivity contribution in [2.24, 2.45) is 0 Å². The summed E-state index contributed by atoms with van der Waals surface area (Å²) in [4.78, 5) is 16.1. The van der Waals surface area contributed by atoms with Gasteiger partial charge in [0.1, 0.15) is 0 Å². The predicted octanol–water partition coefficient (Wildman–Crippen LogP) is 1.92. The van der Waals surface area contributed by atoms with Crippen molar-refractivity contribution in [3.63, 3.8) is 0 Å². The number of carbonyl (C=O) groups is 1. The Hall–Kier alpha value is -2.89. The molecule has 0 saturated heterocycles. The quantitative estimate of drug-likeness (QED) is 0.651. The van der Waals surface area contributed by atoms with Crippen LogP contribution in [0.5, 0.6) is 5.75 Å². The van der Waals surface area contributed by atoms with Crippen molar-refractivity contribution in [2.75, 3.05) is 5.32 Å². The van der Waals surface area contributed by atoms with Crippen LogP contribution >= 0.6 is 0 Å². The largest absolute Gasteiger partial charge is 0.504 e. The number of fused-ring (bicyclic) bond motifs is 1. The van der Waals surface area contributed by atoms with Gasteiger partial charge in [-0.05, 0) is 24.3 Å². The summed E-state index contributed by atoms with van der Waals surface area (Å²) in [5.74, 6) is -0.288. The second-order valence-corrected chi connectivity index (χ2v) is 3.96. The van der Waals surface area contributed by atoms with Gasteiger partial charge in [0.2, 0.25) is 0 Å². The van der Waals surface area contributed by atoms with Crippen LogP contribution in [0.1, 0.15) is 10.4 Å². The smallest absolute Gasteiger partial charge is 0.257 e. The fraction of sp³-hybridized carbons (Fsp3) is 0. The van der Waals surface area contributed by atoms with Gasteiger partial charge >= 0.3 is 0 Å². The summed E-state index contributed by atoms with van der Waals surface area (Å²) in [6.45, 7) is 0. The van der Waals surface area contributed by atoms with Gasteiger partial charge in [0.25, 0.3) is 5.91 Å². The van der Waals surface area contributed by atoms with E-state index in [1.807, 2.05) is 6.07 Å². The molecule has 3 aromatic rings. The number of carbonyl (C=O) groups excluding carboxylic acids is 1. The molecule has 19 heavy (non-hydrogen) atoms. The molecule has 3 N–H and O–H groups in total. The molecule has 2 aromatic heterocycles. The molecule has 0 aliphatic rings. The summed E-state index contributed by atoms with van der Waals surface area (Å²) >= 11 is 0. The van der Waals surface area contributed by atoms with Crippen LogP contribution in [0.4, 0.5) is 5.82 Å². The Morgan fingerprint density at radius 2 is 2.16 bits per heavy atom. The molecular weight excluding hydrogens is 244 g/mol. The van der Waals surface area contributed by atoms with E-state index in [2.05, 4.69) is 20.5 Å². The number of nitrogens with one attached hydrogen (secondary N) is 2. The van der Waals surface area contributed by atoms with E-state index in [-0.39, 0.29) is 17.5 Å². The van der Waals surface area contributed by atoms with Crippen LogP contribution in [0.15, 0.2) is 42.7 Å². The van der Waals surface area contributed by atoms with Crippen LogP contribution < -0.4 is 5.32 Å². The number of nitrogens with zero attached hydrogens (tertiary/aromatic N) is 2. The summed E-state index contributed by atoms with van der Waals surface area (Å²) in [5.41, 5.74) is 1.24. The van der Waals surface area contributed by atoms with Crippen LogP contribution in [0.3, 0.4) is 0 Å². The number of benzene rings is 1. The number of hydrogen-bond donors (Lipinski definition) is 3. The van der Waals surface area contributed by atoms with Gasteiger partial charge in [0.05, 0.1) is 17.3 Å². The summed E-state index contributed by atoms with van der Waals surface area (Å²) in [5, 5.41) is 19.6. The third kappa shape index (κ3) is 1.99. The summed E-state index contributed by atoms with van der Waals surface area (Å²) in [6.07, 6.45) is 3.08. The molecule has 6 heteroatoms. The summed E-state index contributed by atoms with van der Waals surface area (Å²) in [7, 11) is 0. The second kappa shape index (κ2) is 4.41. The van der Waals surface area contributed by atoms with Gasteiger partial charge in [0, 0.05) is 11.6 Å². The molecule has 0 fully saturated rings. The molecule has 0 aliphatic heterocycles. The van der Waals surface area contributed by atoms with Gasteiger partial charge in [-0.15, -0.1) is 0 Å². The number of pyridine rings is 1. The maximum Gasteiger partial charge on any atom is 0.257 e. The molecule has 0 aliphatic carbocycles. The number of aromatic hydroxyl groups is 1. The minimum absolute atomic E-state index is 0.0739. The predicted molar refractivity (Wildman–Crippen MR) is 69.9 cm³/mol. The summed E-state index contributed by atoms with van der Waals surface area (Å²) < 4.78 is 0. The number of aromatic nitrogens is 3. The maximum absolute atomic E-state index is 12.2. The molecule has 0 radical (unpaired) electrons. The highest BCUT2D eigenvalue weighted by atomic mass is 16.3. The highest BCUT2D eigenvalue weighted by molar-refractivity contribution is 6.12.